The van der Waals surface area contributed by atoms with Crippen molar-refractivity contribution in [2.75, 3.05) is 26.9 Å². The van der Waals surface area contributed by atoms with Gasteiger partial charge in [-0.15, -0.1) is 0 Å². The summed E-state index contributed by atoms with van der Waals surface area (Å²) in [6, 6.07) is 7.03. The fourth-order valence-corrected chi connectivity index (χ4v) is 4.00. The molecule has 0 bridgehead atoms. The Bertz CT molecular complexity index is 1080. The summed E-state index contributed by atoms with van der Waals surface area (Å²) < 4.78 is 5.23. The molecule has 9 heteroatoms. The molecule has 0 unspecified atom stereocenters. The van der Waals surface area contributed by atoms with Crippen molar-refractivity contribution < 1.29 is 14.3 Å². The minimum Gasteiger partial charge on any atom is -0.487 e. The van der Waals surface area contributed by atoms with Crippen molar-refractivity contribution in [2.45, 2.75) is 0 Å². The largest absolute Gasteiger partial charge is 0.487 e. The number of nitrogen functional groups attached to an aromatic ring is 1. The maximum absolute atomic E-state index is 13.2. The molecule has 1 amide bonds. The molecule has 1 aliphatic rings. The molecule has 0 atom stereocenters. The zero-order valence-electron chi connectivity index (χ0n) is 14.9. The molecule has 0 spiro atoms. The van der Waals surface area contributed by atoms with Crippen LogP contribution in [0.2, 0.25) is 0 Å². The van der Waals surface area contributed by atoms with Crippen molar-refractivity contribution in [1.82, 2.24) is 20.6 Å². The average molecular weight is 383 g/mol. The Kier molecular flexibility index (Phi) is 3.97. The van der Waals surface area contributed by atoms with Crippen LogP contribution in [0.1, 0.15) is 26.3 Å². The highest BCUT2D eigenvalue weighted by atomic mass is 32.1. The molecular formula is C18H17N5O3S. The number of carbonyl (C=O) groups is 2. The summed E-state index contributed by atoms with van der Waals surface area (Å²) in [5.41, 5.74) is 11.5. The number of H-pyrrole nitrogens is 1. The fourth-order valence-electron chi connectivity index (χ4n) is 3.18. The summed E-state index contributed by atoms with van der Waals surface area (Å²) in [6.07, 6.45) is 0. The van der Waals surface area contributed by atoms with Crippen LogP contribution in [0.15, 0.2) is 24.3 Å². The van der Waals surface area contributed by atoms with Crippen LogP contribution in [0.4, 0.5) is 5.69 Å². The summed E-state index contributed by atoms with van der Waals surface area (Å²) in [5, 5.41) is 9.50. The third kappa shape index (κ3) is 2.59. The first-order chi connectivity index (χ1) is 12.9. The van der Waals surface area contributed by atoms with Gasteiger partial charge in [0.05, 0.1) is 28.8 Å². The van der Waals surface area contributed by atoms with Gasteiger partial charge in [-0.25, -0.2) is 5.01 Å². The summed E-state index contributed by atoms with van der Waals surface area (Å²) in [4.78, 5) is 26.7. The molecule has 2 aromatic heterocycles. The van der Waals surface area contributed by atoms with Crippen LogP contribution in [0.25, 0.3) is 21.8 Å². The van der Waals surface area contributed by atoms with Gasteiger partial charge >= 0.3 is 0 Å². The zero-order valence-corrected chi connectivity index (χ0v) is 15.7. The molecule has 3 aromatic rings. The molecule has 2 heterocycles. The number of hydrogen-bond donors (Lipinski definition) is 3. The van der Waals surface area contributed by atoms with Gasteiger partial charge in [-0.2, -0.15) is 5.10 Å². The summed E-state index contributed by atoms with van der Waals surface area (Å²) >= 11 is 1.40. The lowest BCUT2D eigenvalue weighted by atomic mass is 9.99. The average Bonchev–Trinajstić information content (AvgIpc) is 3.31. The second-order valence-corrected chi connectivity index (χ2v) is 7.31. The van der Waals surface area contributed by atoms with E-state index in [1.807, 2.05) is 12.1 Å². The Morgan fingerprint density at radius 1 is 1.26 bits per heavy atom. The first-order valence-electron chi connectivity index (χ1n) is 8.10. The van der Waals surface area contributed by atoms with E-state index in [0.717, 1.165) is 9.94 Å². The smallest absolute Gasteiger partial charge is 0.268 e. The van der Waals surface area contributed by atoms with E-state index in [-0.39, 0.29) is 22.6 Å². The molecule has 0 radical (unpaired) electrons. The minimum atomic E-state index is -0.434. The molecule has 0 saturated heterocycles. The topological polar surface area (TPSA) is 113 Å². The van der Waals surface area contributed by atoms with Crippen molar-refractivity contribution >= 4 is 28.7 Å². The van der Waals surface area contributed by atoms with Gasteiger partial charge in [0.25, 0.3) is 5.91 Å². The van der Waals surface area contributed by atoms with Crippen LogP contribution >= 0.6 is 11.3 Å². The zero-order chi connectivity index (χ0) is 19.3. The standard InChI is InChI=1S/C18H17N5O3S/c1-23(2)22-18(25)13-9(19)5-4-8-12(13)17(24)14-15(8)20-21-16(14)10-6-7-11(26-3)27-10/h4-7H,19H2,1-3H3,(H,20,21)(H,22,25). The molecule has 0 aliphatic heterocycles. The van der Waals surface area contributed by atoms with E-state index in [1.165, 1.54) is 16.3 Å². The number of fused-ring (bicyclic) bond motifs is 3. The van der Waals surface area contributed by atoms with Crippen molar-refractivity contribution in [3.8, 4) is 26.9 Å². The second kappa shape index (κ2) is 6.22. The lowest BCUT2D eigenvalue weighted by Crippen LogP contribution is -2.37. The SMILES string of the molecule is COc1ccc(-c2[nH]nc3c2C(=O)c2c-3ccc(N)c2C(=O)NN(C)C)s1. The van der Waals surface area contributed by atoms with Gasteiger partial charge < -0.3 is 10.5 Å². The van der Waals surface area contributed by atoms with Crippen molar-refractivity contribution in [3.05, 3.63) is 41.0 Å². The molecule has 1 aliphatic carbocycles. The Hall–Kier alpha value is -3.17. The van der Waals surface area contributed by atoms with E-state index >= 15 is 0 Å². The van der Waals surface area contributed by atoms with Gasteiger partial charge in [-0.05, 0) is 24.3 Å². The normalized spacial score (nSPS) is 12.2. The molecular weight excluding hydrogens is 366 g/mol. The third-order valence-corrected chi connectivity index (χ3v) is 5.36. The van der Waals surface area contributed by atoms with Gasteiger partial charge in [-0.3, -0.25) is 20.1 Å². The van der Waals surface area contributed by atoms with Crippen molar-refractivity contribution in [2.24, 2.45) is 0 Å². The fraction of sp³-hybridized carbons (Fsp3) is 0.167. The lowest BCUT2D eigenvalue weighted by molar-refractivity contribution is 0.0852. The van der Waals surface area contributed by atoms with Crippen LogP contribution in [0.3, 0.4) is 0 Å². The van der Waals surface area contributed by atoms with Crippen molar-refractivity contribution in [3.63, 3.8) is 0 Å². The van der Waals surface area contributed by atoms with Gasteiger partial charge in [0.1, 0.15) is 5.69 Å². The monoisotopic (exact) mass is 383 g/mol. The number of hydrogen-bond acceptors (Lipinski definition) is 7. The highest BCUT2D eigenvalue weighted by Crippen LogP contribution is 2.44. The van der Waals surface area contributed by atoms with Gasteiger partial charge in [-0.1, -0.05) is 11.3 Å². The maximum atomic E-state index is 13.2. The van der Waals surface area contributed by atoms with Crippen LogP contribution in [0, 0.1) is 0 Å². The quantitative estimate of drug-likeness (QED) is 0.368. The molecule has 8 nitrogen and oxygen atoms in total. The number of hydrazine groups is 1. The number of carbonyl (C=O) groups excluding carboxylic acids is 2. The van der Waals surface area contributed by atoms with E-state index in [2.05, 4.69) is 15.6 Å². The number of nitrogens with zero attached hydrogens (tertiary/aromatic N) is 2. The van der Waals surface area contributed by atoms with Gasteiger partial charge in [0, 0.05) is 30.9 Å². The van der Waals surface area contributed by atoms with Gasteiger partial charge in [0.15, 0.2) is 10.8 Å². The second-order valence-electron chi connectivity index (χ2n) is 6.26. The number of aromatic amines is 1. The third-order valence-electron chi connectivity index (χ3n) is 4.29. The highest BCUT2D eigenvalue weighted by molar-refractivity contribution is 7.17. The Balaban J connectivity index is 1.86. The number of ketones is 1. The summed E-state index contributed by atoms with van der Waals surface area (Å²) in [7, 11) is 4.96. The Labute approximate surface area is 158 Å². The molecule has 138 valence electrons. The van der Waals surface area contributed by atoms with Crippen LogP contribution < -0.4 is 15.9 Å². The van der Waals surface area contributed by atoms with E-state index in [9.17, 15) is 9.59 Å². The lowest BCUT2D eigenvalue weighted by Gasteiger charge is -2.15. The number of ether oxygens (including phenoxy) is 1. The predicted molar refractivity (Wildman–Crippen MR) is 103 cm³/mol. The number of anilines is 1. The molecule has 1 aromatic carbocycles. The number of benzene rings is 1. The van der Waals surface area contributed by atoms with Crippen LogP contribution in [-0.4, -0.2) is 48.1 Å². The predicted octanol–water partition coefficient (Wildman–Crippen LogP) is 2.15. The van der Waals surface area contributed by atoms with E-state index < -0.39 is 5.91 Å². The van der Waals surface area contributed by atoms with Crippen LogP contribution in [-0.2, 0) is 0 Å². The maximum Gasteiger partial charge on any atom is 0.268 e. The number of thiophene rings is 1. The number of rotatable bonds is 4. The van der Waals surface area contributed by atoms with E-state index in [1.54, 1.807) is 33.3 Å². The molecule has 27 heavy (non-hydrogen) atoms. The molecule has 0 saturated carbocycles. The summed E-state index contributed by atoms with van der Waals surface area (Å²) in [6.45, 7) is 0. The van der Waals surface area contributed by atoms with Crippen molar-refractivity contribution in [1.29, 1.82) is 0 Å². The minimum absolute atomic E-state index is 0.166. The summed E-state index contributed by atoms with van der Waals surface area (Å²) in [5.74, 6) is -0.705. The first-order valence-corrected chi connectivity index (χ1v) is 8.92. The van der Waals surface area contributed by atoms with E-state index in [0.29, 0.717) is 22.5 Å². The first kappa shape index (κ1) is 17.3. The number of nitrogens with two attached hydrogens (primary N) is 1. The Morgan fingerprint density at radius 2 is 2.04 bits per heavy atom. The number of methoxy groups -OCH3 is 1. The van der Waals surface area contributed by atoms with Crippen LogP contribution in [0.5, 0.6) is 5.06 Å². The number of aromatic nitrogens is 2. The number of amides is 1. The van der Waals surface area contributed by atoms with E-state index in [4.69, 9.17) is 10.5 Å². The number of nitrogens with one attached hydrogen (secondary N) is 2. The van der Waals surface area contributed by atoms with Gasteiger partial charge in [0.2, 0.25) is 0 Å². The highest BCUT2D eigenvalue weighted by Gasteiger charge is 2.37. The molecule has 4 N–H and O–H groups in total. The Morgan fingerprint density at radius 3 is 2.70 bits per heavy atom. The molecule has 4 rings (SSSR count). The molecule has 0 fully saturated rings.